The zero-order valence-electron chi connectivity index (χ0n) is 14.5. The summed E-state index contributed by atoms with van der Waals surface area (Å²) in [6.45, 7) is 2.09. The molecule has 1 aliphatic heterocycles. The van der Waals surface area contributed by atoms with Crippen molar-refractivity contribution in [2.75, 3.05) is 31.7 Å². The van der Waals surface area contributed by atoms with Crippen molar-refractivity contribution in [3.8, 4) is 17.1 Å². The molecule has 0 aliphatic carbocycles. The van der Waals surface area contributed by atoms with Crippen LogP contribution in [-0.4, -0.2) is 61.2 Å². The van der Waals surface area contributed by atoms with E-state index in [2.05, 4.69) is 15.5 Å². The van der Waals surface area contributed by atoms with E-state index in [9.17, 15) is 13.2 Å². The third-order valence-corrected chi connectivity index (χ3v) is 5.74. The molecule has 1 fully saturated rings. The van der Waals surface area contributed by atoms with Gasteiger partial charge < -0.3 is 19.5 Å². The molecule has 0 unspecified atom stereocenters. The highest BCUT2D eigenvalue weighted by molar-refractivity contribution is 7.91. The van der Waals surface area contributed by atoms with Gasteiger partial charge in [0.05, 0.1) is 18.6 Å². The van der Waals surface area contributed by atoms with E-state index in [1.807, 2.05) is 12.1 Å². The first-order valence-corrected chi connectivity index (χ1v) is 9.94. The van der Waals surface area contributed by atoms with Crippen LogP contribution in [0, 0.1) is 0 Å². The fourth-order valence-corrected chi connectivity index (χ4v) is 3.72. The third-order valence-electron chi connectivity index (χ3n) is 4.13. The van der Waals surface area contributed by atoms with Gasteiger partial charge in [0.15, 0.2) is 9.84 Å². The minimum Gasteiger partial charge on any atom is -0.497 e. The van der Waals surface area contributed by atoms with Gasteiger partial charge in [-0.15, -0.1) is 0 Å². The van der Waals surface area contributed by atoms with Crippen molar-refractivity contribution in [1.82, 2.24) is 20.4 Å². The molecule has 0 saturated carbocycles. The summed E-state index contributed by atoms with van der Waals surface area (Å²) in [5.41, 5.74) is 0.764. The molecule has 0 radical (unpaired) electrons. The number of carbonyl (C=O) groups excluding carboxylic acids is 1. The number of aromatic nitrogens is 2. The minimum atomic E-state index is -3.03. The molecule has 0 spiro atoms. The van der Waals surface area contributed by atoms with Crippen LogP contribution in [-0.2, 0) is 9.84 Å². The van der Waals surface area contributed by atoms with Gasteiger partial charge in [0.2, 0.25) is 11.7 Å². The maximum atomic E-state index is 12.3. The lowest BCUT2D eigenvalue weighted by Crippen LogP contribution is -2.48. The Morgan fingerprint density at radius 2 is 1.92 bits per heavy atom. The van der Waals surface area contributed by atoms with Crippen LogP contribution in [0.5, 0.6) is 5.75 Å². The Morgan fingerprint density at radius 1 is 1.27 bits per heavy atom. The predicted octanol–water partition coefficient (Wildman–Crippen LogP) is 1.25. The molecular formula is C16H20N4O5S. The molecule has 1 aromatic heterocycles. The Morgan fingerprint density at radius 3 is 2.54 bits per heavy atom. The second-order valence-electron chi connectivity index (χ2n) is 5.99. The minimum absolute atomic E-state index is 0.0169. The molecular weight excluding hydrogens is 360 g/mol. The number of amides is 2. The van der Waals surface area contributed by atoms with Crippen LogP contribution in [0.2, 0.25) is 0 Å². The third kappa shape index (κ3) is 4.13. The van der Waals surface area contributed by atoms with Crippen LogP contribution in [0.15, 0.2) is 28.8 Å². The lowest BCUT2D eigenvalue weighted by Gasteiger charge is -2.27. The number of rotatable bonds is 4. The van der Waals surface area contributed by atoms with Gasteiger partial charge in [-0.3, -0.25) is 0 Å². The Bertz CT molecular complexity index is 864. The molecule has 3 rings (SSSR count). The summed E-state index contributed by atoms with van der Waals surface area (Å²) in [5, 5.41) is 6.68. The summed E-state index contributed by atoms with van der Waals surface area (Å²) < 4.78 is 33.2. The average molecular weight is 380 g/mol. The summed E-state index contributed by atoms with van der Waals surface area (Å²) in [4.78, 5) is 18.0. The molecule has 2 amide bonds. The molecule has 0 bridgehead atoms. The normalized spacial score (nSPS) is 17.5. The Hall–Kier alpha value is -2.62. The Kier molecular flexibility index (Phi) is 5.12. The van der Waals surface area contributed by atoms with Crippen LogP contribution >= 0.6 is 0 Å². The summed E-state index contributed by atoms with van der Waals surface area (Å²) in [5.74, 6) is 1.37. The molecule has 1 aromatic carbocycles. The van der Waals surface area contributed by atoms with Gasteiger partial charge in [-0.25, -0.2) is 13.2 Å². The maximum absolute atomic E-state index is 12.3. The second kappa shape index (κ2) is 7.32. The molecule has 2 aromatic rings. The van der Waals surface area contributed by atoms with Crippen molar-refractivity contribution in [3.63, 3.8) is 0 Å². The number of nitrogens with one attached hydrogen (secondary N) is 1. The van der Waals surface area contributed by atoms with Gasteiger partial charge >= 0.3 is 6.03 Å². The number of sulfone groups is 1. The standard InChI is InChI=1S/C16H20N4O5S/c1-11(17-16(21)20-7-9-26(22,23)10-8-20)15-18-14(19-25-15)12-3-5-13(24-2)6-4-12/h3-6,11H,7-10H2,1-2H3,(H,17,21)/t11-/m0/s1. The van der Waals surface area contributed by atoms with Crippen molar-refractivity contribution in [3.05, 3.63) is 30.2 Å². The van der Waals surface area contributed by atoms with Crippen molar-refractivity contribution >= 4 is 15.9 Å². The first kappa shape index (κ1) is 18.2. The van der Waals surface area contributed by atoms with Crippen molar-refractivity contribution in [2.45, 2.75) is 13.0 Å². The Labute approximate surface area is 151 Å². The van der Waals surface area contributed by atoms with E-state index in [0.717, 1.165) is 11.3 Å². The molecule has 1 N–H and O–H groups in total. The van der Waals surface area contributed by atoms with Crippen LogP contribution in [0.3, 0.4) is 0 Å². The highest BCUT2D eigenvalue weighted by atomic mass is 32.2. The predicted molar refractivity (Wildman–Crippen MR) is 93.5 cm³/mol. The van der Waals surface area contributed by atoms with Crippen LogP contribution in [0.1, 0.15) is 18.9 Å². The van der Waals surface area contributed by atoms with E-state index in [-0.39, 0.29) is 36.5 Å². The SMILES string of the molecule is COc1ccc(-c2noc([C@H](C)NC(=O)N3CCS(=O)(=O)CC3)n2)cc1. The highest BCUT2D eigenvalue weighted by Gasteiger charge is 2.27. The van der Waals surface area contributed by atoms with Gasteiger partial charge in [-0.05, 0) is 31.2 Å². The van der Waals surface area contributed by atoms with Gasteiger partial charge in [0.1, 0.15) is 11.8 Å². The lowest BCUT2D eigenvalue weighted by atomic mass is 10.2. The molecule has 1 saturated heterocycles. The quantitative estimate of drug-likeness (QED) is 0.849. The van der Waals surface area contributed by atoms with E-state index in [0.29, 0.717) is 5.82 Å². The molecule has 10 heteroatoms. The molecule has 1 atom stereocenters. The van der Waals surface area contributed by atoms with Gasteiger partial charge in [0.25, 0.3) is 0 Å². The maximum Gasteiger partial charge on any atom is 0.318 e. The highest BCUT2D eigenvalue weighted by Crippen LogP contribution is 2.21. The van der Waals surface area contributed by atoms with E-state index in [1.165, 1.54) is 4.90 Å². The Balaban J connectivity index is 1.62. The largest absolute Gasteiger partial charge is 0.497 e. The molecule has 2 heterocycles. The number of hydrogen-bond donors (Lipinski definition) is 1. The topological polar surface area (TPSA) is 115 Å². The molecule has 140 valence electrons. The summed E-state index contributed by atoms with van der Waals surface area (Å²) >= 11 is 0. The number of carbonyl (C=O) groups is 1. The van der Waals surface area contributed by atoms with Crippen LogP contribution < -0.4 is 10.1 Å². The van der Waals surface area contributed by atoms with Crippen LogP contribution in [0.25, 0.3) is 11.4 Å². The summed E-state index contributed by atoms with van der Waals surface area (Å²) in [6, 6.07) is 6.36. The number of ether oxygens (including phenoxy) is 1. The molecule has 9 nitrogen and oxygen atoms in total. The number of urea groups is 1. The monoisotopic (exact) mass is 380 g/mol. The molecule has 1 aliphatic rings. The van der Waals surface area contributed by atoms with E-state index in [1.54, 1.807) is 26.2 Å². The van der Waals surface area contributed by atoms with E-state index >= 15 is 0 Å². The van der Waals surface area contributed by atoms with E-state index in [4.69, 9.17) is 9.26 Å². The number of methoxy groups -OCH3 is 1. The van der Waals surface area contributed by atoms with Crippen molar-refractivity contribution in [2.24, 2.45) is 0 Å². The summed E-state index contributed by atoms with van der Waals surface area (Å²) in [6.07, 6.45) is 0. The van der Waals surface area contributed by atoms with Gasteiger partial charge in [0, 0.05) is 18.7 Å². The van der Waals surface area contributed by atoms with Crippen molar-refractivity contribution in [1.29, 1.82) is 0 Å². The zero-order chi connectivity index (χ0) is 18.7. The first-order valence-electron chi connectivity index (χ1n) is 8.12. The van der Waals surface area contributed by atoms with Gasteiger partial charge in [-0.1, -0.05) is 5.16 Å². The first-order chi connectivity index (χ1) is 12.4. The smallest absolute Gasteiger partial charge is 0.318 e. The van der Waals surface area contributed by atoms with E-state index < -0.39 is 15.9 Å². The number of hydrogen-bond acceptors (Lipinski definition) is 7. The second-order valence-corrected chi connectivity index (χ2v) is 8.30. The van der Waals surface area contributed by atoms with Crippen molar-refractivity contribution < 1.29 is 22.5 Å². The van der Waals surface area contributed by atoms with Crippen LogP contribution in [0.4, 0.5) is 4.79 Å². The lowest BCUT2D eigenvalue weighted by molar-refractivity contribution is 0.196. The fourth-order valence-electron chi connectivity index (χ4n) is 2.52. The zero-order valence-corrected chi connectivity index (χ0v) is 15.3. The fraction of sp³-hybridized carbons (Fsp3) is 0.438. The summed E-state index contributed by atoms with van der Waals surface area (Å²) in [7, 11) is -1.45. The van der Waals surface area contributed by atoms with Gasteiger partial charge in [-0.2, -0.15) is 4.98 Å². The number of nitrogens with zero attached hydrogens (tertiary/aromatic N) is 3. The number of benzene rings is 1. The molecule has 26 heavy (non-hydrogen) atoms. The average Bonchev–Trinajstić information content (AvgIpc) is 3.12.